The summed E-state index contributed by atoms with van der Waals surface area (Å²) in [5.41, 5.74) is 0.652. The maximum atomic E-state index is 12.4. The van der Waals surface area contributed by atoms with Crippen molar-refractivity contribution in [3.8, 4) is 0 Å². The Kier molecular flexibility index (Phi) is 4.62. The number of rotatable bonds is 4. The lowest BCUT2D eigenvalue weighted by Crippen LogP contribution is -2.48. The molecule has 2 heterocycles. The summed E-state index contributed by atoms with van der Waals surface area (Å²) in [5.74, 6) is 0.367. The van der Waals surface area contributed by atoms with Crippen LogP contribution in [0.5, 0.6) is 0 Å². The molecule has 0 bridgehead atoms. The summed E-state index contributed by atoms with van der Waals surface area (Å²) < 4.78 is 0. The number of carbonyl (C=O) groups excluding carboxylic acids is 2. The van der Waals surface area contributed by atoms with Crippen molar-refractivity contribution in [2.45, 2.75) is 31.6 Å². The van der Waals surface area contributed by atoms with Crippen LogP contribution in [0.3, 0.4) is 0 Å². The first-order chi connectivity index (χ1) is 11.1. The van der Waals surface area contributed by atoms with Crippen molar-refractivity contribution in [2.24, 2.45) is 0 Å². The molecular formula is C19H21NO2S. The third-order valence-electron chi connectivity index (χ3n) is 4.88. The topological polar surface area (TPSA) is 37.4 Å². The molecule has 0 spiro atoms. The van der Waals surface area contributed by atoms with Gasteiger partial charge in [-0.3, -0.25) is 9.59 Å². The summed E-state index contributed by atoms with van der Waals surface area (Å²) in [4.78, 5) is 27.8. The van der Waals surface area contributed by atoms with Gasteiger partial charge < -0.3 is 4.90 Å². The Balaban J connectivity index is 1.70. The molecule has 23 heavy (non-hydrogen) atoms. The van der Waals surface area contributed by atoms with Crippen molar-refractivity contribution < 1.29 is 9.59 Å². The molecule has 1 aromatic carbocycles. The Morgan fingerprint density at radius 2 is 1.78 bits per heavy atom. The molecule has 0 saturated carbocycles. The first kappa shape index (κ1) is 15.9. The summed E-state index contributed by atoms with van der Waals surface area (Å²) >= 11 is 1.62. The summed E-state index contributed by atoms with van der Waals surface area (Å²) in [6.07, 6.45) is 1.89. The van der Waals surface area contributed by atoms with Gasteiger partial charge in [-0.05, 0) is 36.8 Å². The summed E-state index contributed by atoms with van der Waals surface area (Å²) in [5, 5.41) is 2.00. The minimum atomic E-state index is -0.430. The Bertz CT molecular complexity index is 671. The van der Waals surface area contributed by atoms with E-state index in [2.05, 4.69) is 0 Å². The van der Waals surface area contributed by atoms with Crippen LogP contribution in [0.15, 0.2) is 47.8 Å². The van der Waals surface area contributed by atoms with Crippen molar-refractivity contribution in [3.05, 3.63) is 58.3 Å². The Morgan fingerprint density at radius 3 is 2.35 bits per heavy atom. The number of likely N-dealkylation sites (tertiary alicyclic amines) is 1. The van der Waals surface area contributed by atoms with E-state index in [9.17, 15) is 9.59 Å². The van der Waals surface area contributed by atoms with Crippen LogP contribution >= 0.6 is 11.3 Å². The Labute approximate surface area is 140 Å². The first-order valence-corrected chi connectivity index (χ1v) is 8.86. The van der Waals surface area contributed by atoms with Crippen molar-refractivity contribution in [3.63, 3.8) is 0 Å². The van der Waals surface area contributed by atoms with E-state index in [1.54, 1.807) is 18.3 Å². The van der Waals surface area contributed by atoms with E-state index in [4.69, 9.17) is 0 Å². The molecule has 1 aliphatic rings. The number of hydrogen-bond donors (Lipinski definition) is 0. The van der Waals surface area contributed by atoms with E-state index < -0.39 is 5.41 Å². The minimum Gasteiger partial charge on any atom is -0.342 e. The van der Waals surface area contributed by atoms with E-state index in [-0.39, 0.29) is 11.7 Å². The van der Waals surface area contributed by atoms with Crippen molar-refractivity contribution in [2.75, 3.05) is 13.1 Å². The normalized spacial score (nSPS) is 17.0. The molecule has 2 aromatic rings. The molecule has 3 rings (SSSR count). The van der Waals surface area contributed by atoms with E-state index in [0.717, 1.165) is 10.4 Å². The maximum absolute atomic E-state index is 12.4. The lowest BCUT2D eigenvalue weighted by Gasteiger charge is -2.40. The van der Waals surface area contributed by atoms with E-state index in [1.165, 1.54) is 0 Å². The third kappa shape index (κ3) is 3.22. The zero-order valence-electron chi connectivity index (χ0n) is 13.3. The smallest absolute Gasteiger partial charge is 0.227 e. The molecule has 1 saturated heterocycles. The van der Waals surface area contributed by atoms with Crippen LogP contribution in [-0.2, 0) is 21.4 Å². The highest BCUT2D eigenvalue weighted by Crippen LogP contribution is 2.36. The number of nitrogens with zero attached hydrogens (tertiary/aromatic N) is 1. The average Bonchev–Trinajstić information content (AvgIpc) is 3.08. The number of carbonyl (C=O) groups is 2. The van der Waals surface area contributed by atoms with Crippen LogP contribution in [0, 0.1) is 0 Å². The van der Waals surface area contributed by atoms with E-state index >= 15 is 0 Å². The predicted molar refractivity (Wildman–Crippen MR) is 92.6 cm³/mol. The molecule has 0 unspecified atom stereocenters. The van der Waals surface area contributed by atoms with Gasteiger partial charge in [-0.15, -0.1) is 11.3 Å². The second-order valence-electron chi connectivity index (χ2n) is 6.14. The molecule has 0 atom stereocenters. The molecule has 4 heteroatoms. The highest BCUT2D eigenvalue weighted by atomic mass is 32.1. The SMILES string of the molecule is CC(=O)C1(c2ccccc2)CCN(C(=O)Cc2cccs2)CC1. The quantitative estimate of drug-likeness (QED) is 0.862. The summed E-state index contributed by atoms with van der Waals surface area (Å²) in [6, 6.07) is 14.0. The molecule has 0 aliphatic carbocycles. The van der Waals surface area contributed by atoms with Crippen molar-refractivity contribution in [1.29, 1.82) is 0 Å². The fraction of sp³-hybridized carbons (Fsp3) is 0.368. The predicted octanol–water partition coefficient (Wildman–Crippen LogP) is 3.44. The molecule has 0 N–H and O–H groups in total. The van der Waals surface area contributed by atoms with Gasteiger partial charge in [0.1, 0.15) is 5.78 Å². The number of ketones is 1. The minimum absolute atomic E-state index is 0.165. The number of piperidine rings is 1. The van der Waals surface area contributed by atoms with Crippen LogP contribution in [0.2, 0.25) is 0 Å². The molecular weight excluding hydrogens is 306 g/mol. The molecule has 1 amide bonds. The monoisotopic (exact) mass is 327 g/mol. The number of benzene rings is 1. The second kappa shape index (κ2) is 6.67. The molecule has 0 radical (unpaired) electrons. The van der Waals surface area contributed by atoms with E-state index in [1.807, 2.05) is 52.7 Å². The van der Waals surface area contributed by atoms with E-state index in [0.29, 0.717) is 32.4 Å². The third-order valence-corrected chi connectivity index (χ3v) is 5.75. The van der Waals surface area contributed by atoms with Crippen molar-refractivity contribution >= 4 is 23.0 Å². The van der Waals surface area contributed by atoms with Crippen LogP contribution < -0.4 is 0 Å². The Morgan fingerprint density at radius 1 is 1.09 bits per heavy atom. The van der Waals surface area contributed by atoms with Gasteiger partial charge in [-0.2, -0.15) is 0 Å². The molecule has 1 aromatic heterocycles. The fourth-order valence-corrected chi connectivity index (χ4v) is 4.11. The zero-order valence-corrected chi connectivity index (χ0v) is 14.1. The van der Waals surface area contributed by atoms with Crippen LogP contribution in [0.4, 0.5) is 0 Å². The lowest BCUT2D eigenvalue weighted by atomic mass is 9.70. The van der Waals surface area contributed by atoms with Gasteiger partial charge >= 0.3 is 0 Å². The molecule has 1 aliphatic heterocycles. The summed E-state index contributed by atoms with van der Waals surface area (Å²) in [6.45, 7) is 2.98. The number of Topliss-reactive ketones (excluding diaryl/α,β-unsaturated/α-hetero) is 1. The van der Waals surface area contributed by atoms with Gasteiger partial charge in [0.05, 0.1) is 11.8 Å². The maximum Gasteiger partial charge on any atom is 0.227 e. The van der Waals surface area contributed by atoms with Crippen LogP contribution in [0.25, 0.3) is 0 Å². The van der Waals surface area contributed by atoms with Crippen LogP contribution in [0.1, 0.15) is 30.2 Å². The molecule has 1 fully saturated rings. The average molecular weight is 327 g/mol. The van der Waals surface area contributed by atoms with Crippen LogP contribution in [-0.4, -0.2) is 29.7 Å². The Hall–Kier alpha value is -1.94. The lowest BCUT2D eigenvalue weighted by molar-refractivity contribution is -0.135. The number of amides is 1. The largest absolute Gasteiger partial charge is 0.342 e. The first-order valence-electron chi connectivity index (χ1n) is 7.98. The standard InChI is InChI=1S/C19H21NO2S/c1-15(21)19(16-6-3-2-4-7-16)9-11-20(12-10-19)18(22)14-17-8-5-13-23-17/h2-8,13H,9-12,14H2,1H3. The highest BCUT2D eigenvalue weighted by Gasteiger charge is 2.41. The summed E-state index contributed by atoms with van der Waals surface area (Å²) in [7, 11) is 0. The second-order valence-corrected chi connectivity index (χ2v) is 7.17. The van der Waals surface area contributed by atoms with Gasteiger partial charge in [0.2, 0.25) is 5.91 Å². The fourth-order valence-electron chi connectivity index (χ4n) is 3.41. The highest BCUT2D eigenvalue weighted by molar-refractivity contribution is 7.10. The van der Waals surface area contributed by atoms with Gasteiger partial charge in [0.25, 0.3) is 0 Å². The zero-order chi connectivity index (χ0) is 16.3. The van der Waals surface area contributed by atoms with Crippen molar-refractivity contribution in [1.82, 2.24) is 4.90 Å². The number of hydrogen-bond acceptors (Lipinski definition) is 3. The van der Waals surface area contributed by atoms with Gasteiger partial charge in [-0.1, -0.05) is 36.4 Å². The van der Waals surface area contributed by atoms with Gasteiger partial charge in [0, 0.05) is 18.0 Å². The number of thiophene rings is 1. The molecule has 120 valence electrons. The molecule has 3 nitrogen and oxygen atoms in total. The van der Waals surface area contributed by atoms with Gasteiger partial charge in [-0.25, -0.2) is 0 Å². The van der Waals surface area contributed by atoms with Gasteiger partial charge in [0.15, 0.2) is 0 Å².